The van der Waals surface area contributed by atoms with Crippen LogP contribution in [0.25, 0.3) is 0 Å². The van der Waals surface area contributed by atoms with Crippen molar-refractivity contribution in [3.63, 3.8) is 0 Å². The Morgan fingerprint density at radius 3 is 2.94 bits per heavy atom. The Bertz CT molecular complexity index is 532. The molecule has 0 fully saturated rings. The maximum absolute atomic E-state index is 10.4. The molecule has 0 bridgehead atoms. The number of nitrogens with one attached hydrogen (secondary N) is 1. The van der Waals surface area contributed by atoms with Crippen LogP contribution in [0.1, 0.15) is 11.5 Å². The molecule has 0 saturated heterocycles. The lowest BCUT2D eigenvalue weighted by atomic mass is 10.3. The Kier molecular flexibility index (Phi) is 3.73. The molecule has 0 radical (unpaired) electrons. The van der Waals surface area contributed by atoms with Gasteiger partial charge in [-0.1, -0.05) is 0 Å². The van der Waals surface area contributed by atoms with Crippen molar-refractivity contribution in [1.29, 1.82) is 0 Å². The lowest BCUT2D eigenvalue weighted by Crippen LogP contribution is -2.16. The van der Waals surface area contributed by atoms with Crippen LogP contribution in [0.5, 0.6) is 0 Å². The first kappa shape index (κ1) is 12.3. The van der Waals surface area contributed by atoms with Gasteiger partial charge in [-0.05, 0) is 12.1 Å². The second kappa shape index (κ2) is 5.46. The highest BCUT2D eigenvalue weighted by Crippen LogP contribution is 2.15. The molecule has 0 unspecified atom stereocenters. The summed E-state index contributed by atoms with van der Waals surface area (Å²) >= 11 is 0. The predicted octanol–water partition coefficient (Wildman–Crippen LogP) is 1.25. The monoisotopic (exact) mass is 250 g/mol. The molecule has 0 spiro atoms. The van der Waals surface area contributed by atoms with Crippen LogP contribution in [0.4, 0.5) is 5.88 Å². The number of nitrogens with zero attached hydrogens (tertiary/aromatic N) is 3. The Morgan fingerprint density at radius 1 is 1.50 bits per heavy atom. The first-order chi connectivity index (χ1) is 8.65. The average molecular weight is 250 g/mol. The van der Waals surface area contributed by atoms with Gasteiger partial charge in [-0.3, -0.25) is 14.8 Å². The topological polar surface area (TPSA) is 86.1 Å². The van der Waals surface area contributed by atoms with Gasteiger partial charge in [-0.15, -0.1) is 0 Å². The Morgan fingerprint density at radius 2 is 2.33 bits per heavy atom. The van der Waals surface area contributed by atoms with Crippen molar-refractivity contribution in [3.05, 3.63) is 46.0 Å². The minimum atomic E-state index is -0.544. The largest absolute Gasteiger partial charge is 0.433 e. The average Bonchev–Trinajstić information content (AvgIpc) is 2.93. The van der Waals surface area contributed by atoms with E-state index in [2.05, 4.69) is 10.4 Å². The molecular weight excluding hydrogens is 236 g/mol. The van der Waals surface area contributed by atoms with E-state index < -0.39 is 4.92 Å². The lowest BCUT2D eigenvalue weighted by Gasteiger charge is -2.00. The zero-order chi connectivity index (χ0) is 13.0. The summed E-state index contributed by atoms with van der Waals surface area (Å²) in [6.45, 7) is 1.21. The third-order valence-corrected chi connectivity index (χ3v) is 2.45. The van der Waals surface area contributed by atoms with Gasteiger partial charge in [-0.25, -0.2) is 0 Å². The van der Waals surface area contributed by atoms with Gasteiger partial charge < -0.3 is 9.73 Å². The van der Waals surface area contributed by atoms with Crippen LogP contribution < -0.4 is 5.32 Å². The highest BCUT2D eigenvalue weighted by Gasteiger charge is 2.11. The zero-order valence-corrected chi connectivity index (χ0v) is 10.00. The molecule has 2 aromatic rings. The summed E-state index contributed by atoms with van der Waals surface area (Å²) in [6, 6.07) is 4.92. The molecule has 1 N–H and O–H groups in total. The van der Waals surface area contributed by atoms with Crippen LogP contribution in [0.3, 0.4) is 0 Å². The molecule has 0 atom stereocenters. The molecule has 0 aromatic carbocycles. The van der Waals surface area contributed by atoms with Crippen LogP contribution in [-0.2, 0) is 20.0 Å². The molecule has 0 amide bonds. The molecule has 0 aliphatic heterocycles. The second-order valence-electron chi connectivity index (χ2n) is 3.90. The SMILES string of the molecule is Cn1ccc(CCNCc2ccc([N+](=O)[O-])o2)n1. The van der Waals surface area contributed by atoms with Crippen molar-refractivity contribution in [3.8, 4) is 0 Å². The summed E-state index contributed by atoms with van der Waals surface area (Å²) in [7, 11) is 1.87. The van der Waals surface area contributed by atoms with E-state index in [0.29, 0.717) is 12.3 Å². The maximum Gasteiger partial charge on any atom is 0.433 e. The van der Waals surface area contributed by atoms with Gasteiger partial charge in [0.15, 0.2) is 0 Å². The molecule has 0 aliphatic rings. The van der Waals surface area contributed by atoms with Crippen molar-refractivity contribution in [2.24, 2.45) is 7.05 Å². The smallest absolute Gasteiger partial charge is 0.404 e. The van der Waals surface area contributed by atoms with E-state index >= 15 is 0 Å². The first-order valence-corrected chi connectivity index (χ1v) is 5.57. The molecule has 2 rings (SSSR count). The second-order valence-corrected chi connectivity index (χ2v) is 3.90. The van der Waals surface area contributed by atoms with Crippen molar-refractivity contribution in [2.75, 3.05) is 6.54 Å². The van der Waals surface area contributed by atoms with Gasteiger partial charge in [0.1, 0.15) is 10.7 Å². The normalized spacial score (nSPS) is 10.7. The van der Waals surface area contributed by atoms with E-state index in [1.807, 2.05) is 19.3 Å². The predicted molar refractivity (Wildman–Crippen MR) is 64.0 cm³/mol. The van der Waals surface area contributed by atoms with Crippen molar-refractivity contribution in [2.45, 2.75) is 13.0 Å². The van der Waals surface area contributed by atoms with Crippen molar-refractivity contribution >= 4 is 5.88 Å². The number of nitro groups is 1. The van der Waals surface area contributed by atoms with Crippen LogP contribution in [0.15, 0.2) is 28.8 Å². The number of rotatable bonds is 6. The van der Waals surface area contributed by atoms with Gasteiger partial charge in [0, 0.05) is 26.2 Å². The molecule has 18 heavy (non-hydrogen) atoms. The molecule has 96 valence electrons. The third kappa shape index (κ3) is 3.17. The molecule has 7 heteroatoms. The summed E-state index contributed by atoms with van der Waals surface area (Å²) in [4.78, 5) is 9.87. The van der Waals surface area contributed by atoms with Crippen molar-refractivity contribution in [1.82, 2.24) is 15.1 Å². The lowest BCUT2D eigenvalue weighted by molar-refractivity contribution is -0.402. The van der Waals surface area contributed by atoms with Gasteiger partial charge >= 0.3 is 5.88 Å². The molecule has 2 aromatic heterocycles. The maximum atomic E-state index is 10.4. The van der Waals surface area contributed by atoms with Crippen molar-refractivity contribution < 1.29 is 9.34 Å². The van der Waals surface area contributed by atoms with E-state index in [4.69, 9.17) is 4.42 Å². The van der Waals surface area contributed by atoms with Gasteiger partial charge in [-0.2, -0.15) is 5.10 Å². The van der Waals surface area contributed by atoms with E-state index in [1.165, 1.54) is 6.07 Å². The summed E-state index contributed by atoms with van der Waals surface area (Å²) in [5.74, 6) is 0.333. The van der Waals surface area contributed by atoms with Gasteiger partial charge in [0.05, 0.1) is 18.3 Å². The highest BCUT2D eigenvalue weighted by atomic mass is 16.6. The van der Waals surface area contributed by atoms with Crippen LogP contribution in [-0.4, -0.2) is 21.2 Å². The fraction of sp³-hybridized carbons (Fsp3) is 0.364. The minimum Gasteiger partial charge on any atom is -0.404 e. The Hall–Kier alpha value is -2.15. The summed E-state index contributed by atoms with van der Waals surface area (Å²) in [5.41, 5.74) is 1.01. The summed E-state index contributed by atoms with van der Waals surface area (Å²) in [5, 5.41) is 17.8. The Balaban J connectivity index is 1.73. The summed E-state index contributed by atoms with van der Waals surface area (Å²) < 4.78 is 6.78. The molecule has 0 saturated carbocycles. The fourth-order valence-corrected chi connectivity index (χ4v) is 1.58. The number of hydrogen-bond donors (Lipinski definition) is 1. The van der Waals surface area contributed by atoms with E-state index in [1.54, 1.807) is 10.7 Å². The number of aromatic nitrogens is 2. The van der Waals surface area contributed by atoms with E-state index in [-0.39, 0.29) is 5.88 Å². The third-order valence-electron chi connectivity index (χ3n) is 2.45. The molecule has 7 nitrogen and oxygen atoms in total. The highest BCUT2D eigenvalue weighted by molar-refractivity contribution is 5.17. The van der Waals surface area contributed by atoms with Crippen LogP contribution in [0.2, 0.25) is 0 Å². The first-order valence-electron chi connectivity index (χ1n) is 5.57. The standard InChI is InChI=1S/C11H14N4O3/c1-14-7-5-9(13-14)4-6-12-8-10-2-3-11(18-10)15(16)17/h2-3,5,7,12H,4,6,8H2,1H3. The molecule has 2 heterocycles. The minimum absolute atomic E-state index is 0.225. The number of furan rings is 1. The Labute approximate surface area is 104 Å². The number of aryl methyl sites for hydroxylation is 1. The quantitative estimate of drug-likeness (QED) is 0.473. The van der Waals surface area contributed by atoms with Crippen LogP contribution >= 0.6 is 0 Å². The number of hydrogen-bond acceptors (Lipinski definition) is 5. The fourth-order valence-electron chi connectivity index (χ4n) is 1.58. The van der Waals surface area contributed by atoms with Gasteiger partial charge in [0.25, 0.3) is 0 Å². The van der Waals surface area contributed by atoms with Gasteiger partial charge in [0.2, 0.25) is 0 Å². The van der Waals surface area contributed by atoms with E-state index in [9.17, 15) is 10.1 Å². The van der Waals surface area contributed by atoms with Crippen LogP contribution in [0, 0.1) is 10.1 Å². The molecular formula is C11H14N4O3. The zero-order valence-electron chi connectivity index (χ0n) is 10.00. The molecule has 0 aliphatic carbocycles. The van der Waals surface area contributed by atoms with E-state index in [0.717, 1.165) is 18.7 Å². The summed E-state index contributed by atoms with van der Waals surface area (Å²) in [6.07, 6.45) is 2.70.